The van der Waals surface area contributed by atoms with E-state index in [0.29, 0.717) is 0 Å². The maximum atomic E-state index is 2.70. The monoisotopic (exact) mass is 1500 g/mol. The molecule has 2 aliphatic heterocycles. The van der Waals surface area contributed by atoms with Gasteiger partial charge in [-0.15, -0.1) is 0 Å². The Bertz CT molecular complexity index is 6520. The van der Waals surface area contributed by atoms with Crippen molar-refractivity contribution in [3.63, 3.8) is 0 Å². The number of fused-ring (bicyclic) bond motifs is 7. The van der Waals surface area contributed by atoms with E-state index in [1.807, 2.05) is 0 Å². The van der Waals surface area contributed by atoms with Gasteiger partial charge in [0.25, 0.3) is 6.71 Å². The highest BCUT2D eigenvalue weighted by atomic mass is 15.2. The van der Waals surface area contributed by atoms with Crippen LogP contribution in [-0.2, 0) is 0 Å². The van der Waals surface area contributed by atoms with Gasteiger partial charge < -0.3 is 14.4 Å². The van der Waals surface area contributed by atoms with E-state index in [2.05, 4.69) is 475 Å². The summed E-state index contributed by atoms with van der Waals surface area (Å²) in [5, 5.41) is 2.38. The summed E-state index contributed by atoms with van der Waals surface area (Å²) in [6.45, 7) is -0.324. The molecule has 0 spiro atoms. The van der Waals surface area contributed by atoms with Crippen molar-refractivity contribution in [2.75, 3.05) is 9.80 Å². The SMILES string of the molecule is c1ccc(-c2cc(-c3ccccc3)cc(-c3cc(-c4ccccc4)c(N4c5ccc(-c6ccccc6)cc5B5c6cc(-c7ccccc7)ccc6N(c6c(-c7ccccc7)cc(-c7cc(-c8ccccc8)cc(-c8ccccc8)c7)cc6-c6ccccc6)c6cc(-n7c8ccccc8c8ccccc87)cc4c65)c(-c4ccccc4)c3)c2)cc1. The van der Waals surface area contributed by atoms with Crippen LogP contribution in [0.4, 0.5) is 34.1 Å². The van der Waals surface area contributed by atoms with Crippen LogP contribution in [0.2, 0.25) is 0 Å². The Morgan fingerprint density at radius 1 is 0.161 bits per heavy atom. The Labute approximate surface area is 689 Å². The molecule has 550 valence electrons. The quantitative estimate of drug-likeness (QED) is 0.0948. The Hall–Kier alpha value is -15.4. The molecule has 0 bridgehead atoms. The van der Waals surface area contributed by atoms with E-state index in [0.717, 1.165) is 184 Å². The van der Waals surface area contributed by atoms with Gasteiger partial charge in [0.15, 0.2) is 0 Å². The lowest BCUT2D eigenvalue weighted by Crippen LogP contribution is -2.61. The molecule has 118 heavy (non-hydrogen) atoms. The summed E-state index contributed by atoms with van der Waals surface area (Å²) < 4.78 is 2.54. The van der Waals surface area contributed by atoms with E-state index in [-0.39, 0.29) is 6.71 Å². The standard InChI is InChI=1S/C114H76BN3/c1-11-35-77(36-12-1)87-59-61-108-104(73-87)115-105-74-88(78-37-13-2-14-38-78)60-62-109(105)118(114-102(85-51-27-9-28-52-85)71-96(72-103(114)86-53-29-10-30-54-86)94-67-91(81-43-19-5-20-44-81)64-92(68-94)82-45-21-6-22-46-82)111-76-97(116-106-57-33-31-55-98(106)99-56-32-34-58-107(99)116)75-110(112(111)115)117(108)113-100(83-47-23-7-24-48-83)69-95(70-101(113)84-49-25-8-26-50-84)93-65-89(79-39-15-3-16-40-79)63-90(66-93)80-41-17-4-18-42-80/h1-76H. The maximum absolute atomic E-state index is 2.70. The van der Waals surface area contributed by atoms with Crippen LogP contribution in [0.3, 0.4) is 0 Å². The predicted molar refractivity (Wildman–Crippen MR) is 500 cm³/mol. The predicted octanol–water partition coefficient (Wildman–Crippen LogP) is 28.9. The van der Waals surface area contributed by atoms with E-state index >= 15 is 0 Å². The maximum Gasteiger partial charge on any atom is 0.252 e. The lowest BCUT2D eigenvalue weighted by molar-refractivity contribution is 1.16. The van der Waals surface area contributed by atoms with Gasteiger partial charge in [0, 0.05) is 55.8 Å². The molecule has 0 saturated carbocycles. The smallest absolute Gasteiger partial charge is 0.252 e. The largest absolute Gasteiger partial charge is 0.310 e. The number of hydrogen-bond acceptors (Lipinski definition) is 2. The van der Waals surface area contributed by atoms with Gasteiger partial charge in [-0.1, -0.05) is 364 Å². The number of rotatable bonds is 15. The van der Waals surface area contributed by atoms with E-state index in [1.165, 1.54) is 27.2 Å². The molecule has 22 rings (SSSR count). The van der Waals surface area contributed by atoms with Crippen LogP contribution in [-0.4, -0.2) is 11.3 Å². The van der Waals surface area contributed by atoms with Gasteiger partial charge in [0.2, 0.25) is 0 Å². The molecule has 0 saturated heterocycles. The summed E-state index contributed by atoms with van der Waals surface area (Å²) in [5.41, 5.74) is 40.4. The highest BCUT2D eigenvalue weighted by molar-refractivity contribution is 7.00. The van der Waals surface area contributed by atoms with Gasteiger partial charge in [0.1, 0.15) is 0 Å². The highest BCUT2D eigenvalue weighted by Crippen LogP contribution is 2.56. The van der Waals surface area contributed by atoms with Gasteiger partial charge >= 0.3 is 0 Å². The second-order valence-corrected chi connectivity index (χ2v) is 31.0. The summed E-state index contributed by atoms with van der Waals surface area (Å²) in [6, 6.07) is 172. The fourth-order valence-corrected chi connectivity index (χ4v) is 18.6. The normalized spacial score (nSPS) is 12.0. The molecule has 1 aromatic heterocycles. The molecule has 2 aliphatic rings. The van der Waals surface area contributed by atoms with Crippen LogP contribution < -0.4 is 26.2 Å². The minimum atomic E-state index is -0.324. The Morgan fingerprint density at radius 2 is 0.390 bits per heavy atom. The van der Waals surface area contributed by atoms with Crippen LogP contribution in [0, 0.1) is 0 Å². The zero-order valence-electron chi connectivity index (χ0n) is 64.8. The number of para-hydroxylation sites is 2. The third kappa shape index (κ3) is 12.3. The first-order valence-electron chi connectivity index (χ1n) is 40.8. The zero-order valence-corrected chi connectivity index (χ0v) is 64.8. The average Bonchev–Trinajstić information content (AvgIpc) is 0.795. The fourth-order valence-electron chi connectivity index (χ4n) is 18.6. The van der Waals surface area contributed by atoms with Gasteiger partial charge in [-0.25, -0.2) is 0 Å². The number of hydrogen-bond donors (Lipinski definition) is 0. The van der Waals surface area contributed by atoms with E-state index in [1.54, 1.807) is 0 Å². The molecule has 20 aromatic rings. The summed E-state index contributed by atoms with van der Waals surface area (Å²) in [4.78, 5) is 5.41. The summed E-state index contributed by atoms with van der Waals surface area (Å²) >= 11 is 0. The first-order valence-corrected chi connectivity index (χ1v) is 40.8. The fraction of sp³-hybridized carbons (Fsp3) is 0. The van der Waals surface area contributed by atoms with Crippen molar-refractivity contribution in [1.29, 1.82) is 0 Å². The molecule has 0 unspecified atom stereocenters. The molecule has 0 amide bonds. The van der Waals surface area contributed by atoms with Gasteiger partial charge in [-0.3, -0.25) is 0 Å². The van der Waals surface area contributed by atoms with Crippen molar-refractivity contribution in [1.82, 2.24) is 4.57 Å². The third-order valence-corrected chi connectivity index (χ3v) is 24.1. The number of aromatic nitrogens is 1. The van der Waals surface area contributed by atoms with Crippen LogP contribution in [0.1, 0.15) is 0 Å². The number of nitrogens with zero attached hydrogens (tertiary/aromatic N) is 3. The first kappa shape index (κ1) is 69.4. The van der Waals surface area contributed by atoms with Crippen LogP contribution >= 0.6 is 0 Å². The van der Waals surface area contributed by atoms with Gasteiger partial charge in [-0.05, 0) is 225 Å². The van der Waals surface area contributed by atoms with Crippen molar-refractivity contribution in [3.8, 4) is 139 Å². The molecular formula is C114H76BN3. The molecule has 19 aromatic carbocycles. The van der Waals surface area contributed by atoms with Crippen molar-refractivity contribution in [2.45, 2.75) is 0 Å². The second-order valence-electron chi connectivity index (χ2n) is 31.0. The molecule has 3 nitrogen and oxygen atoms in total. The van der Waals surface area contributed by atoms with Crippen molar-refractivity contribution >= 4 is 79.0 Å². The number of anilines is 6. The van der Waals surface area contributed by atoms with Gasteiger partial charge in [-0.2, -0.15) is 0 Å². The lowest BCUT2D eigenvalue weighted by Gasteiger charge is -2.46. The zero-order chi connectivity index (χ0) is 78.0. The summed E-state index contributed by atoms with van der Waals surface area (Å²) in [7, 11) is 0. The molecular weight excluding hydrogens is 1420 g/mol. The summed E-state index contributed by atoms with van der Waals surface area (Å²) in [5.74, 6) is 0. The molecule has 0 aliphatic carbocycles. The summed E-state index contributed by atoms with van der Waals surface area (Å²) in [6.07, 6.45) is 0. The third-order valence-electron chi connectivity index (χ3n) is 24.1. The topological polar surface area (TPSA) is 11.4 Å². The highest BCUT2D eigenvalue weighted by Gasteiger charge is 2.46. The number of benzene rings is 19. The average molecular weight is 1500 g/mol. The first-order chi connectivity index (χ1) is 58.5. The lowest BCUT2D eigenvalue weighted by atomic mass is 9.33. The Morgan fingerprint density at radius 3 is 0.669 bits per heavy atom. The van der Waals surface area contributed by atoms with Crippen molar-refractivity contribution < 1.29 is 0 Å². The Balaban J connectivity index is 0.906. The molecule has 3 heterocycles. The van der Waals surface area contributed by atoms with Crippen molar-refractivity contribution in [2.24, 2.45) is 0 Å². The molecule has 0 radical (unpaired) electrons. The van der Waals surface area contributed by atoms with Crippen LogP contribution in [0.15, 0.2) is 461 Å². The minimum absolute atomic E-state index is 0.324. The van der Waals surface area contributed by atoms with Crippen molar-refractivity contribution in [3.05, 3.63) is 461 Å². The van der Waals surface area contributed by atoms with E-state index in [4.69, 9.17) is 0 Å². The molecule has 4 heteroatoms. The molecule has 0 N–H and O–H groups in total. The minimum Gasteiger partial charge on any atom is -0.310 e. The Kier molecular flexibility index (Phi) is 17.4. The van der Waals surface area contributed by atoms with Crippen LogP contribution in [0.5, 0.6) is 0 Å². The van der Waals surface area contributed by atoms with E-state index < -0.39 is 0 Å². The van der Waals surface area contributed by atoms with Crippen LogP contribution in [0.25, 0.3) is 161 Å². The second kappa shape index (κ2) is 29.6. The van der Waals surface area contributed by atoms with Gasteiger partial charge in [0.05, 0.1) is 28.1 Å². The molecule has 0 atom stereocenters. The molecule has 0 fully saturated rings. The van der Waals surface area contributed by atoms with E-state index in [9.17, 15) is 0 Å².